The zero-order valence-electron chi connectivity index (χ0n) is 10.0. The maximum absolute atomic E-state index is 5.59. The topological polar surface area (TPSA) is 30.5 Å². The lowest BCUT2D eigenvalue weighted by Gasteiger charge is -2.12. The molecular formula is C13H18BrNO2. The van der Waals surface area contributed by atoms with Crippen LogP contribution in [-0.2, 0) is 4.74 Å². The maximum Gasteiger partial charge on any atom is 0.122 e. The van der Waals surface area contributed by atoms with Crippen molar-refractivity contribution >= 4 is 21.6 Å². The van der Waals surface area contributed by atoms with Crippen molar-refractivity contribution < 1.29 is 9.47 Å². The van der Waals surface area contributed by atoms with E-state index in [1.54, 1.807) is 7.11 Å². The summed E-state index contributed by atoms with van der Waals surface area (Å²) < 4.78 is 11.8. The van der Waals surface area contributed by atoms with Gasteiger partial charge in [-0.1, -0.05) is 15.9 Å². The maximum atomic E-state index is 5.59. The Hall–Kier alpha value is -0.740. The number of anilines is 1. The van der Waals surface area contributed by atoms with E-state index >= 15 is 0 Å². The van der Waals surface area contributed by atoms with Crippen LogP contribution in [0.4, 0.5) is 5.69 Å². The van der Waals surface area contributed by atoms with Gasteiger partial charge in [0.1, 0.15) is 5.75 Å². The van der Waals surface area contributed by atoms with Gasteiger partial charge in [0.2, 0.25) is 0 Å². The standard InChI is InChI=1S/C13H18BrNO2/c1-16-13-8-10(14)7-11(9-13)15-5-4-12-3-2-6-17-12/h7-9,12,15H,2-6H2,1H3. The molecule has 17 heavy (non-hydrogen) atoms. The quantitative estimate of drug-likeness (QED) is 0.903. The van der Waals surface area contributed by atoms with E-state index in [1.807, 2.05) is 12.1 Å². The fourth-order valence-corrected chi connectivity index (χ4v) is 2.50. The second-order valence-electron chi connectivity index (χ2n) is 4.23. The first-order valence-corrected chi connectivity index (χ1v) is 6.77. The van der Waals surface area contributed by atoms with Gasteiger partial charge in [0, 0.05) is 29.4 Å². The van der Waals surface area contributed by atoms with Crippen molar-refractivity contribution in [1.82, 2.24) is 0 Å². The van der Waals surface area contributed by atoms with E-state index in [2.05, 4.69) is 27.3 Å². The van der Waals surface area contributed by atoms with Crippen LogP contribution in [0.2, 0.25) is 0 Å². The molecule has 1 unspecified atom stereocenters. The van der Waals surface area contributed by atoms with Crippen molar-refractivity contribution in [1.29, 1.82) is 0 Å². The molecule has 0 saturated carbocycles. The summed E-state index contributed by atoms with van der Waals surface area (Å²) in [6.07, 6.45) is 3.91. The molecule has 3 nitrogen and oxygen atoms in total. The number of hydrogen-bond donors (Lipinski definition) is 1. The van der Waals surface area contributed by atoms with Gasteiger partial charge < -0.3 is 14.8 Å². The highest BCUT2D eigenvalue weighted by Gasteiger charge is 2.14. The van der Waals surface area contributed by atoms with Gasteiger partial charge in [0.25, 0.3) is 0 Å². The zero-order chi connectivity index (χ0) is 12.1. The van der Waals surface area contributed by atoms with Crippen LogP contribution < -0.4 is 10.1 Å². The Morgan fingerprint density at radius 1 is 1.47 bits per heavy atom. The number of hydrogen-bond acceptors (Lipinski definition) is 3. The van der Waals surface area contributed by atoms with E-state index < -0.39 is 0 Å². The summed E-state index contributed by atoms with van der Waals surface area (Å²) in [7, 11) is 1.68. The lowest BCUT2D eigenvalue weighted by molar-refractivity contribution is 0.107. The molecule has 0 radical (unpaired) electrons. The Morgan fingerprint density at radius 3 is 3.06 bits per heavy atom. The van der Waals surface area contributed by atoms with Gasteiger partial charge in [-0.2, -0.15) is 0 Å². The average molecular weight is 300 g/mol. The van der Waals surface area contributed by atoms with E-state index in [1.165, 1.54) is 12.8 Å². The Balaban J connectivity index is 1.83. The first kappa shape index (κ1) is 12.7. The van der Waals surface area contributed by atoms with Crippen LogP contribution in [-0.4, -0.2) is 26.4 Å². The first-order chi connectivity index (χ1) is 8.28. The van der Waals surface area contributed by atoms with Crippen LogP contribution in [0, 0.1) is 0 Å². The normalized spacial score (nSPS) is 19.3. The van der Waals surface area contributed by atoms with Crippen LogP contribution in [0.1, 0.15) is 19.3 Å². The molecule has 2 rings (SSSR count). The minimum Gasteiger partial charge on any atom is -0.497 e. The molecular weight excluding hydrogens is 282 g/mol. The van der Waals surface area contributed by atoms with Crippen molar-refractivity contribution in [3.8, 4) is 5.75 Å². The highest BCUT2D eigenvalue weighted by molar-refractivity contribution is 9.10. The van der Waals surface area contributed by atoms with Crippen molar-refractivity contribution in [3.05, 3.63) is 22.7 Å². The number of methoxy groups -OCH3 is 1. The van der Waals surface area contributed by atoms with Gasteiger partial charge in [-0.15, -0.1) is 0 Å². The molecule has 0 aromatic heterocycles. The summed E-state index contributed by atoms with van der Waals surface area (Å²) in [5.74, 6) is 0.860. The lowest BCUT2D eigenvalue weighted by Crippen LogP contribution is -2.12. The smallest absolute Gasteiger partial charge is 0.122 e. The van der Waals surface area contributed by atoms with Gasteiger partial charge in [-0.05, 0) is 31.4 Å². The molecule has 1 atom stereocenters. The Labute approximate surface area is 111 Å². The molecule has 0 bridgehead atoms. The molecule has 1 aromatic carbocycles. The molecule has 1 heterocycles. The van der Waals surface area contributed by atoms with Crippen LogP contribution in [0.5, 0.6) is 5.75 Å². The second-order valence-corrected chi connectivity index (χ2v) is 5.15. The lowest BCUT2D eigenvalue weighted by atomic mass is 10.2. The summed E-state index contributed by atoms with van der Waals surface area (Å²) in [6, 6.07) is 6.00. The van der Waals surface area contributed by atoms with E-state index in [0.29, 0.717) is 6.10 Å². The summed E-state index contributed by atoms with van der Waals surface area (Å²) in [5, 5.41) is 3.40. The predicted octanol–water partition coefficient (Wildman–Crippen LogP) is 3.44. The van der Waals surface area contributed by atoms with Crippen molar-refractivity contribution in [2.75, 3.05) is 25.6 Å². The third-order valence-corrected chi connectivity index (χ3v) is 3.38. The molecule has 1 fully saturated rings. The van der Waals surface area contributed by atoms with Gasteiger partial charge in [0.05, 0.1) is 13.2 Å². The number of rotatable bonds is 5. The average Bonchev–Trinajstić information content (AvgIpc) is 2.81. The van der Waals surface area contributed by atoms with E-state index in [0.717, 1.165) is 35.5 Å². The number of nitrogens with one attached hydrogen (secondary N) is 1. The van der Waals surface area contributed by atoms with Gasteiger partial charge in [-0.3, -0.25) is 0 Å². The highest BCUT2D eigenvalue weighted by Crippen LogP contribution is 2.24. The molecule has 94 valence electrons. The molecule has 1 N–H and O–H groups in total. The van der Waals surface area contributed by atoms with Crippen LogP contribution in [0.15, 0.2) is 22.7 Å². The summed E-state index contributed by atoms with van der Waals surface area (Å²) in [4.78, 5) is 0. The summed E-state index contributed by atoms with van der Waals surface area (Å²) in [5.41, 5.74) is 1.08. The molecule has 0 amide bonds. The van der Waals surface area contributed by atoms with Crippen molar-refractivity contribution in [3.63, 3.8) is 0 Å². The molecule has 1 aromatic rings. The minimum absolute atomic E-state index is 0.441. The van der Waals surface area contributed by atoms with Crippen molar-refractivity contribution in [2.24, 2.45) is 0 Å². The Bertz CT molecular complexity index is 364. The minimum atomic E-state index is 0.441. The summed E-state index contributed by atoms with van der Waals surface area (Å²) >= 11 is 3.47. The van der Waals surface area contributed by atoms with E-state index in [9.17, 15) is 0 Å². The molecule has 1 aliphatic rings. The number of ether oxygens (including phenoxy) is 2. The van der Waals surface area contributed by atoms with Gasteiger partial charge in [0.15, 0.2) is 0 Å². The largest absolute Gasteiger partial charge is 0.497 e. The fraction of sp³-hybridized carbons (Fsp3) is 0.538. The van der Waals surface area contributed by atoms with E-state index in [-0.39, 0.29) is 0 Å². The molecule has 4 heteroatoms. The predicted molar refractivity (Wildman–Crippen MR) is 72.8 cm³/mol. The Morgan fingerprint density at radius 2 is 2.35 bits per heavy atom. The summed E-state index contributed by atoms with van der Waals surface area (Å²) in [6.45, 7) is 1.86. The molecule has 1 aliphatic heterocycles. The van der Waals surface area contributed by atoms with Gasteiger partial charge in [-0.25, -0.2) is 0 Å². The highest BCUT2D eigenvalue weighted by atomic mass is 79.9. The van der Waals surface area contributed by atoms with Crippen LogP contribution in [0.3, 0.4) is 0 Å². The second kappa shape index (κ2) is 6.26. The van der Waals surface area contributed by atoms with Gasteiger partial charge >= 0.3 is 0 Å². The molecule has 0 spiro atoms. The number of halogens is 1. The molecule has 1 saturated heterocycles. The van der Waals surface area contributed by atoms with Crippen molar-refractivity contribution in [2.45, 2.75) is 25.4 Å². The third-order valence-electron chi connectivity index (χ3n) is 2.93. The monoisotopic (exact) mass is 299 g/mol. The fourth-order valence-electron chi connectivity index (χ4n) is 2.03. The SMILES string of the molecule is COc1cc(Br)cc(NCCC2CCCO2)c1. The molecule has 0 aliphatic carbocycles. The van der Waals surface area contributed by atoms with E-state index in [4.69, 9.17) is 9.47 Å². The van der Waals surface area contributed by atoms with Crippen LogP contribution >= 0.6 is 15.9 Å². The zero-order valence-corrected chi connectivity index (χ0v) is 11.6. The first-order valence-electron chi connectivity index (χ1n) is 5.98. The third kappa shape index (κ3) is 3.89. The number of benzene rings is 1. The van der Waals surface area contributed by atoms with Crippen LogP contribution in [0.25, 0.3) is 0 Å². The Kier molecular flexibility index (Phi) is 4.68.